The topological polar surface area (TPSA) is 94.9 Å². The number of hydrogen-bond acceptors (Lipinski definition) is 2. The minimum atomic E-state index is -1.50. The first-order valence-electron chi connectivity index (χ1n) is 0.565. The summed E-state index contributed by atoms with van der Waals surface area (Å²) in [6.45, 7) is 0. The maximum absolute atomic E-state index is 8.36. The van der Waals surface area contributed by atoms with Crippen LogP contribution in [0.25, 0.3) is 0 Å². The monoisotopic (exact) mass is 274 g/mol. The van der Waals surface area contributed by atoms with Crippen molar-refractivity contribution in [3.8, 4) is 0 Å². The van der Waals surface area contributed by atoms with Crippen molar-refractivity contribution in [1.29, 1.82) is 0 Å². The molecule has 41 valence electrons. The van der Waals surface area contributed by atoms with Crippen LogP contribution in [0, 0.1) is 10.1 Å². The third kappa shape index (κ3) is 827. The van der Waals surface area contributed by atoms with Gasteiger partial charge in [-0.2, -0.15) is 0 Å². The number of hydrogen-bond donors (Lipinski definition) is 1. The third-order valence-corrected chi connectivity index (χ3v) is 0. The molecule has 0 bridgehead atoms. The van der Waals surface area contributed by atoms with Gasteiger partial charge in [0.05, 0.1) is 0 Å². The summed E-state index contributed by atoms with van der Waals surface area (Å²) >= 11 is 0. The molecule has 0 saturated heterocycles. The molecule has 6 heteroatoms. The Labute approximate surface area is 46.7 Å². The molecule has 3 N–H and O–H groups in total. The first-order valence-corrected chi connectivity index (χ1v) is 0.565. The van der Waals surface area contributed by atoms with E-state index in [4.69, 9.17) is 15.3 Å². The van der Waals surface area contributed by atoms with Gasteiger partial charge < -0.3 is 10.7 Å². The average molecular weight is 273 g/mol. The summed E-state index contributed by atoms with van der Waals surface area (Å²) in [4.78, 5) is 8.36. The van der Waals surface area contributed by atoms with E-state index in [9.17, 15) is 0 Å². The SMILES string of the molecule is O.O=[N+]([O-])O.[Ir]. The first-order chi connectivity index (χ1) is 1.73. The first kappa shape index (κ1) is 17.0. The molecule has 0 aromatic carbocycles. The van der Waals surface area contributed by atoms with E-state index in [0.717, 1.165) is 0 Å². The molecule has 0 fully saturated rings. The summed E-state index contributed by atoms with van der Waals surface area (Å²) in [6, 6.07) is 0. The van der Waals surface area contributed by atoms with Gasteiger partial charge in [-0.3, -0.25) is 0 Å². The van der Waals surface area contributed by atoms with E-state index in [1.165, 1.54) is 0 Å². The van der Waals surface area contributed by atoms with Crippen LogP contribution in [0.1, 0.15) is 0 Å². The van der Waals surface area contributed by atoms with E-state index >= 15 is 0 Å². The van der Waals surface area contributed by atoms with Crippen molar-refractivity contribution in [1.82, 2.24) is 0 Å². The molecule has 0 saturated carbocycles. The summed E-state index contributed by atoms with van der Waals surface area (Å²) in [7, 11) is 0. The molecule has 0 spiro atoms. The van der Waals surface area contributed by atoms with Gasteiger partial charge in [-0.1, -0.05) is 0 Å². The quantitative estimate of drug-likeness (QED) is 0.445. The molecule has 0 aliphatic carbocycles. The standard InChI is InChI=1S/Ir.HNO3.H2O/c;2-1(3)4;/h;(H,2,3,4);1H2. The van der Waals surface area contributed by atoms with Crippen LogP contribution in [0.2, 0.25) is 0 Å². The summed E-state index contributed by atoms with van der Waals surface area (Å²) in [6.07, 6.45) is 0. The van der Waals surface area contributed by atoms with Crippen LogP contribution < -0.4 is 0 Å². The van der Waals surface area contributed by atoms with Gasteiger partial charge in [0, 0.05) is 20.1 Å². The van der Waals surface area contributed by atoms with Crippen LogP contribution in [0.4, 0.5) is 0 Å². The Bertz CT molecular complexity index is 30.5. The molecule has 0 unspecified atom stereocenters. The van der Waals surface area contributed by atoms with Crippen molar-refractivity contribution < 1.29 is 35.9 Å². The molecule has 0 amide bonds. The second-order valence-corrected chi connectivity index (χ2v) is 0.238. The molecule has 0 aliphatic heterocycles. The largest absolute Gasteiger partial charge is 0.412 e. The van der Waals surface area contributed by atoms with Crippen molar-refractivity contribution >= 4 is 0 Å². The predicted molar refractivity (Wildman–Crippen MR) is 12.4 cm³/mol. The normalized spacial score (nSPS) is 4.00. The maximum Gasteiger partial charge on any atom is 0.291 e. The Morgan fingerprint density at radius 3 is 1.67 bits per heavy atom. The molecule has 6 heavy (non-hydrogen) atoms. The van der Waals surface area contributed by atoms with Gasteiger partial charge in [-0.25, -0.2) is 0 Å². The minimum Gasteiger partial charge on any atom is -0.412 e. The zero-order valence-electron chi connectivity index (χ0n) is 2.54. The summed E-state index contributed by atoms with van der Waals surface area (Å²) < 4.78 is 0. The van der Waals surface area contributed by atoms with Gasteiger partial charge in [-0.05, 0) is 0 Å². The molecule has 0 aromatic heterocycles. The second kappa shape index (κ2) is 8.84. The van der Waals surface area contributed by atoms with Crippen molar-refractivity contribution in [3.63, 3.8) is 0 Å². The number of rotatable bonds is 0. The van der Waals surface area contributed by atoms with Gasteiger partial charge in [0.1, 0.15) is 0 Å². The molecular weight excluding hydrogens is 270 g/mol. The Hall–Kier alpha value is -0.191. The fourth-order valence-electron chi connectivity index (χ4n) is 0. The third-order valence-electron chi connectivity index (χ3n) is 0. The summed E-state index contributed by atoms with van der Waals surface area (Å²) in [5.74, 6) is 0. The zero-order chi connectivity index (χ0) is 3.58. The smallest absolute Gasteiger partial charge is 0.291 e. The van der Waals surface area contributed by atoms with Gasteiger partial charge >= 0.3 is 0 Å². The van der Waals surface area contributed by atoms with Crippen LogP contribution >= 0.6 is 0 Å². The molecule has 0 aliphatic rings. The van der Waals surface area contributed by atoms with Crippen molar-refractivity contribution in [2.24, 2.45) is 0 Å². The van der Waals surface area contributed by atoms with Crippen molar-refractivity contribution in [2.45, 2.75) is 0 Å². The Kier molecular flexibility index (Phi) is 25.1. The zero-order valence-corrected chi connectivity index (χ0v) is 4.94. The van der Waals surface area contributed by atoms with E-state index in [2.05, 4.69) is 0 Å². The summed E-state index contributed by atoms with van der Waals surface area (Å²) in [5, 5.41) is 13.6. The van der Waals surface area contributed by atoms with E-state index < -0.39 is 5.09 Å². The Morgan fingerprint density at radius 1 is 1.67 bits per heavy atom. The van der Waals surface area contributed by atoms with Crippen molar-refractivity contribution in [3.05, 3.63) is 10.1 Å². The van der Waals surface area contributed by atoms with Gasteiger partial charge in [0.25, 0.3) is 5.09 Å². The molecule has 0 rings (SSSR count). The molecule has 0 atom stereocenters. The van der Waals surface area contributed by atoms with E-state index in [0.29, 0.717) is 0 Å². The Morgan fingerprint density at radius 2 is 1.67 bits per heavy atom. The van der Waals surface area contributed by atoms with Crippen LogP contribution in [0.3, 0.4) is 0 Å². The Balaban J connectivity index is -0.0000000450. The van der Waals surface area contributed by atoms with Gasteiger partial charge in [0.15, 0.2) is 0 Å². The molecule has 1 radical (unpaired) electrons. The predicted octanol–water partition coefficient (Wildman–Crippen LogP) is -1.17. The summed E-state index contributed by atoms with van der Waals surface area (Å²) in [5.41, 5.74) is 0. The minimum absolute atomic E-state index is 0. The molecule has 0 heterocycles. The maximum atomic E-state index is 8.36. The average Bonchev–Trinajstić information content (AvgIpc) is 0.811. The van der Waals surface area contributed by atoms with E-state index in [1.807, 2.05) is 0 Å². The van der Waals surface area contributed by atoms with Gasteiger partial charge in [0.2, 0.25) is 0 Å². The molecule has 5 nitrogen and oxygen atoms in total. The van der Waals surface area contributed by atoms with Crippen molar-refractivity contribution in [2.75, 3.05) is 0 Å². The van der Waals surface area contributed by atoms with Crippen LogP contribution in [0.5, 0.6) is 0 Å². The molecule has 0 aromatic rings. The molecular formula is H3IrNO4. The van der Waals surface area contributed by atoms with Crippen LogP contribution in [0.15, 0.2) is 0 Å². The number of nitrogens with zero attached hydrogens (tertiary/aromatic N) is 1. The van der Waals surface area contributed by atoms with Crippen LogP contribution in [-0.2, 0) is 20.1 Å². The van der Waals surface area contributed by atoms with E-state index in [1.54, 1.807) is 0 Å². The van der Waals surface area contributed by atoms with Gasteiger partial charge in [-0.15, -0.1) is 10.1 Å². The fraction of sp³-hybridized carbons (Fsp3) is 0. The fourth-order valence-corrected chi connectivity index (χ4v) is 0. The van der Waals surface area contributed by atoms with Crippen LogP contribution in [-0.4, -0.2) is 15.8 Å². The van der Waals surface area contributed by atoms with E-state index in [-0.39, 0.29) is 25.6 Å². The second-order valence-electron chi connectivity index (χ2n) is 0.238.